The van der Waals surface area contributed by atoms with Crippen LogP contribution in [0, 0.1) is 11.8 Å². The van der Waals surface area contributed by atoms with Gasteiger partial charge in [0, 0.05) is 12.6 Å². The first-order valence-corrected chi connectivity index (χ1v) is 5.15. The van der Waals surface area contributed by atoms with Crippen LogP contribution in [-0.2, 0) is 0 Å². The molecule has 72 valence electrons. The van der Waals surface area contributed by atoms with Gasteiger partial charge in [-0.3, -0.25) is 0 Å². The summed E-state index contributed by atoms with van der Waals surface area (Å²) < 4.78 is 0. The zero-order valence-corrected chi connectivity index (χ0v) is 8.34. The lowest BCUT2D eigenvalue weighted by Gasteiger charge is -2.32. The largest absolute Gasteiger partial charge is 0.329 e. The lowest BCUT2D eigenvalue weighted by molar-refractivity contribution is 0.231. The van der Waals surface area contributed by atoms with Crippen molar-refractivity contribution in [3.8, 4) is 0 Å². The molecule has 0 aromatic carbocycles. The Kier molecular flexibility index (Phi) is 4.02. The summed E-state index contributed by atoms with van der Waals surface area (Å²) >= 11 is 0. The first kappa shape index (κ1) is 10.0. The number of hydrogen-bond donors (Lipinski definition) is 2. The number of hydrogen-bond acceptors (Lipinski definition) is 2. The summed E-state index contributed by atoms with van der Waals surface area (Å²) in [5.74, 6) is 1.73. The van der Waals surface area contributed by atoms with Crippen molar-refractivity contribution in [2.24, 2.45) is 17.6 Å². The van der Waals surface area contributed by atoms with Crippen LogP contribution < -0.4 is 11.1 Å². The molecule has 0 saturated heterocycles. The molecule has 1 rings (SSSR count). The van der Waals surface area contributed by atoms with Crippen LogP contribution in [0.5, 0.6) is 0 Å². The molecular weight excluding hydrogens is 148 g/mol. The van der Waals surface area contributed by atoms with E-state index in [1.54, 1.807) is 0 Å². The van der Waals surface area contributed by atoms with Crippen molar-refractivity contribution in [2.45, 2.75) is 38.6 Å². The highest BCUT2D eigenvalue weighted by molar-refractivity contribution is 4.80. The zero-order chi connectivity index (χ0) is 8.97. The van der Waals surface area contributed by atoms with Crippen LogP contribution in [0.2, 0.25) is 0 Å². The Labute approximate surface area is 75.9 Å². The SMILES string of the molecule is CNC(CN)C1CCCC(C)C1. The highest BCUT2D eigenvalue weighted by Gasteiger charge is 2.24. The van der Waals surface area contributed by atoms with E-state index < -0.39 is 0 Å². The number of rotatable bonds is 3. The molecule has 0 spiro atoms. The van der Waals surface area contributed by atoms with Crippen molar-refractivity contribution in [3.63, 3.8) is 0 Å². The van der Waals surface area contributed by atoms with E-state index in [9.17, 15) is 0 Å². The average Bonchev–Trinajstić information content (AvgIpc) is 2.07. The highest BCUT2D eigenvalue weighted by Crippen LogP contribution is 2.30. The molecule has 0 amide bonds. The first-order valence-electron chi connectivity index (χ1n) is 5.15. The summed E-state index contributed by atoms with van der Waals surface area (Å²) in [4.78, 5) is 0. The minimum absolute atomic E-state index is 0.549. The molecule has 2 nitrogen and oxygen atoms in total. The van der Waals surface area contributed by atoms with Gasteiger partial charge in [0.05, 0.1) is 0 Å². The fraction of sp³-hybridized carbons (Fsp3) is 1.00. The summed E-state index contributed by atoms with van der Waals surface area (Å²) in [5.41, 5.74) is 5.70. The Bertz CT molecular complexity index is 121. The van der Waals surface area contributed by atoms with Crippen LogP contribution in [0.1, 0.15) is 32.6 Å². The molecule has 1 fully saturated rings. The molecule has 1 aliphatic carbocycles. The lowest BCUT2D eigenvalue weighted by Crippen LogP contribution is -2.41. The zero-order valence-electron chi connectivity index (χ0n) is 8.34. The third-order valence-corrected chi connectivity index (χ3v) is 3.17. The maximum Gasteiger partial charge on any atom is 0.0215 e. The van der Waals surface area contributed by atoms with E-state index >= 15 is 0 Å². The van der Waals surface area contributed by atoms with Gasteiger partial charge in [0.2, 0.25) is 0 Å². The van der Waals surface area contributed by atoms with Gasteiger partial charge in [-0.05, 0) is 31.7 Å². The topological polar surface area (TPSA) is 38.0 Å². The van der Waals surface area contributed by atoms with Gasteiger partial charge >= 0.3 is 0 Å². The Morgan fingerprint density at radius 2 is 2.25 bits per heavy atom. The van der Waals surface area contributed by atoms with Crippen LogP contribution in [0.4, 0.5) is 0 Å². The van der Waals surface area contributed by atoms with Crippen LogP contribution in [0.3, 0.4) is 0 Å². The van der Waals surface area contributed by atoms with E-state index in [4.69, 9.17) is 5.73 Å². The Morgan fingerprint density at radius 3 is 2.75 bits per heavy atom. The smallest absolute Gasteiger partial charge is 0.0215 e. The molecule has 2 heteroatoms. The minimum atomic E-state index is 0.549. The minimum Gasteiger partial charge on any atom is -0.329 e. The number of likely N-dealkylation sites (N-methyl/N-ethyl adjacent to an activating group) is 1. The summed E-state index contributed by atoms with van der Waals surface area (Å²) in [6.07, 6.45) is 5.54. The molecule has 12 heavy (non-hydrogen) atoms. The summed E-state index contributed by atoms with van der Waals surface area (Å²) in [7, 11) is 2.02. The highest BCUT2D eigenvalue weighted by atomic mass is 14.9. The molecule has 0 bridgehead atoms. The first-order chi connectivity index (χ1) is 5.77. The summed E-state index contributed by atoms with van der Waals surface area (Å²) in [5, 5.41) is 3.32. The van der Waals surface area contributed by atoms with Crippen molar-refractivity contribution in [2.75, 3.05) is 13.6 Å². The van der Waals surface area contributed by atoms with E-state index in [0.717, 1.165) is 18.4 Å². The van der Waals surface area contributed by atoms with Crippen LogP contribution in [0.25, 0.3) is 0 Å². The maximum absolute atomic E-state index is 5.70. The number of nitrogens with two attached hydrogens (primary N) is 1. The molecule has 0 aromatic rings. The predicted molar refractivity (Wildman–Crippen MR) is 53.0 cm³/mol. The molecular formula is C10H22N2. The van der Waals surface area contributed by atoms with Crippen molar-refractivity contribution < 1.29 is 0 Å². The lowest BCUT2D eigenvalue weighted by atomic mass is 9.78. The normalized spacial score (nSPS) is 33.2. The Hall–Kier alpha value is -0.0800. The third kappa shape index (κ3) is 2.46. The molecule has 3 N–H and O–H groups in total. The molecule has 0 aromatic heterocycles. The van der Waals surface area contributed by atoms with Gasteiger partial charge in [0.1, 0.15) is 0 Å². The molecule has 3 atom stereocenters. The molecule has 1 aliphatic rings. The van der Waals surface area contributed by atoms with Gasteiger partial charge in [-0.1, -0.05) is 19.8 Å². The van der Waals surface area contributed by atoms with Crippen molar-refractivity contribution in [1.82, 2.24) is 5.32 Å². The van der Waals surface area contributed by atoms with E-state index in [2.05, 4.69) is 12.2 Å². The second-order valence-corrected chi connectivity index (χ2v) is 4.16. The van der Waals surface area contributed by atoms with Crippen molar-refractivity contribution in [1.29, 1.82) is 0 Å². The van der Waals surface area contributed by atoms with Crippen molar-refractivity contribution in [3.05, 3.63) is 0 Å². The monoisotopic (exact) mass is 170 g/mol. The Morgan fingerprint density at radius 1 is 1.50 bits per heavy atom. The van der Waals surface area contributed by atoms with Gasteiger partial charge in [0.25, 0.3) is 0 Å². The summed E-state index contributed by atoms with van der Waals surface area (Å²) in [6.45, 7) is 3.14. The van der Waals surface area contributed by atoms with E-state index in [0.29, 0.717) is 6.04 Å². The molecule has 0 aliphatic heterocycles. The molecule has 0 radical (unpaired) electrons. The second kappa shape index (κ2) is 4.83. The van der Waals surface area contributed by atoms with Gasteiger partial charge < -0.3 is 11.1 Å². The van der Waals surface area contributed by atoms with Crippen LogP contribution in [-0.4, -0.2) is 19.6 Å². The Balaban J connectivity index is 2.38. The van der Waals surface area contributed by atoms with Gasteiger partial charge in [-0.15, -0.1) is 0 Å². The molecule has 0 heterocycles. The van der Waals surface area contributed by atoms with Gasteiger partial charge in [-0.2, -0.15) is 0 Å². The van der Waals surface area contributed by atoms with E-state index in [1.165, 1.54) is 25.7 Å². The third-order valence-electron chi connectivity index (χ3n) is 3.17. The number of nitrogens with one attached hydrogen (secondary N) is 1. The van der Waals surface area contributed by atoms with E-state index in [-0.39, 0.29) is 0 Å². The van der Waals surface area contributed by atoms with Gasteiger partial charge in [0.15, 0.2) is 0 Å². The molecule has 1 saturated carbocycles. The molecule has 3 unspecified atom stereocenters. The van der Waals surface area contributed by atoms with Gasteiger partial charge in [-0.25, -0.2) is 0 Å². The average molecular weight is 170 g/mol. The summed E-state index contributed by atoms with van der Waals surface area (Å²) in [6, 6.07) is 0.549. The van der Waals surface area contributed by atoms with Crippen LogP contribution >= 0.6 is 0 Å². The predicted octanol–water partition coefficient (Wildman–Crippen LogP) is 1.36. The maximum atomic E-state index is 5.70. The standard InChI is InChI=1S/C10H22N2/c1-8-4-3-5-9(6-8)10(7-11)12-2/h8-10,12H,3-7,11H2,1-2H3. The fourth-order valence-electron chi connectivity index (χ4n) is 2.39. The fourth-order valence-corrected chi connectivity index (χ4v) is 2.39. The van der Waals surface area contributed by atoms with Crippen LogP contribution in [0.15, 0.2) is 0 Å². The second-order valence-electron chi connectivity index (χ2n) is 4.16. The quantitative estimate of drug-likeness (QED) is 0.671. The van der Waals surface area contributed by atoms with E-state index in [1.807, 2.05) is 7.05 Å². The van der Waals surface area contributed by atoms with Crippen molar-refractivity contribution >= 4 is 0 Å².